The van der Waals surface area contributed by atoms with Gasteiger partial charge < -0.3 is 19.3 Å². The summed E-state index contributed by atoms with van der Waals surface area (Å²) in [6.07, 6.45) is 1.81. The summed E-state index contributed by atoms with van der Waals surface area (Å²) >= 11 is 0. The Hall–Kier alpha value is -3.09. The van der Waals surface area contributed by atoms with Crippen molar-refractivity contribution in [3.8, 4) is 11.5 Å². The number of benzene rings is 2. The topological polar surface area (TPSA) is 59.1 Å². The standard InChI is InChI=1S/C25H31FN2O4/c1-6-8-13-28(7-2)25(30)22-17-14-20(31-4)21(32-5)15-18(17)24(29)27(3)23(22)16-11-9-10-12-19(16)26/h9-12,14-15,22-23H,6-8,13H2,1-5H3. The number of nitrogens with zero attached hydrogens (tertiary/aromatic N) is 2. The van der Waals surface area contributed by atoms with Gasteiger partial charge in [0.2, 0.25) is 5.91 Å². The number of rotatable bonds is 8. The number of halogens is 1. The van der Waals surface area contributed by atoms with E-state index in [1.54, 1.807) is 42.3 Å². The van der Waals surface area contributed by atoms with E-state index in [0.717, 1.165) is 12.8 Å². The summed E-state index contributed by atoms with van der Waals surface area (Å²) in [5.41, 5.74) is 1.20. The molecule has 2 amide bonds. The molecule has 0 fully saturated rings. The maximum Gasteiger partial charge on any atom is 0.254 e. The number of carbonyl (C=O) groups is 2. The molecular weight excluding hydrogens is 411 g/mol. The van der Waals surface area contributed by atoms with E-state index in [1.165, 1.54) is 25.2 Å². The molecule has 0 aromatic heterocycles. The van der Waals surface area contributed by atoms with Crippen LogP contribution in [0.2, 0.25) is 0 Å². The number of fused-ring (bicyclic) bond motifs is 1. The van der Waals surface area contributed by atoms with Crippen LogP contribution in [0.4, 0.5) is 4.39 Å². The quantitative estimate of drug-likeness (QED) is 0.608. The average molecular weight is 443 g/mol. The van der Waals surface area contributed by atoms with Crippen molar-refractivity contribution in [2.45, 2.75) is 38.6 Å². The number of methoxy groups -OCH3 is 2. The Kier molecular flexibility index (Phi) is 7.38. The van der Waals surface area contributed by atoms with E-state index in [2.05, 4.69) is 6.92 Å². The number of carbonyl (C=O) groups excluding carboxylic acids is 2. The van der Waals surface area contributed by atoms with Crippen molar-refractivity contribution >= 4 is 11.8 Å². The van der Waals surface area contributed by atoms with Gasteiger partial charge in [0.1, 0.15) is 5.82 Å². The SMILES string of the molecule is CCCCN(CC)C(=O)C1c2cc(OC)c(OC)cc2C(=O)N(C)C1c1ccccc1F. The molecule has 32 heavy (non-hydrogen) atoms. The maximum atomic E-state index is 14.9. The molecule has 0 saturated carbocycles. The first-order valence-corrected chi connectivity index (χ1v) is 11.0. The molecule has 1 aliphatic rings. The molecule has 2 aromatic rings. The summed E-state index contributed by atoms with van der Waals surface area (Å²) in [6.45, 7) is 5.13. The van der Waals surface area contributed by atoms with E-state index < -0.39 is 17.8 Å². The highest BCUT2D eigenvalue weighted by atomic mass is 19.1. The smallest absolute Gasteiger partial charge is 0.254 e. The lowest BCUT2D eigenvalue weighted by atomic mass is 9.78. The number of ether oxygens (including phenoxy) is 2. The third-order valence-electron chi connectivity index (χ3n) is 6.14. The van der Waals surface area contributed by atoms with E-state index in [9.17, 15) is 14.0 Å². The van der Waals surface area contributed by atoms with E-state index >= 15 is 0 Å². The predicted molar refractivity (Wildman–Crippen MR) is 121 cm³/mol. The van der Waals surface area contributed by atoms with Gasteiger partial charge in [0.15, 0.2) is 11.5 Å². The number of amides is 2. The van der Waals surface area contributed by atoms with Gasteiger partial charge in [-0.05, 0) is 37.1 Å². The molecule has 172 valence electrons. The molecule has 0 aliphatic carbocycles. The number of unbranched alkanes of at least 4 members (excludes halogenated alkanes) is 1. The van der Waals surface area contributed by atoms with Crippen LogP contribution in [-0.4, -0.2) is 56.0 Å². The molecule has 2 aromatic carbocycles. The minimum atomic E-state index is -0.780. The molecule has 7 heteroatoms. The fraction of sp³-hybridized carbons (Fsp3) is 0.440. The van der Waals surface area contributed by atoms with E-state index in [1.807, 2.05) is 6.92 Å². The van der Waals surface area contributed by atoms with Crippen molar-refractivity contribution in [3.63, 3.8) is 0 Å². The molecule has 1 aliphatic heterocycles. The van der Waals surface area contributed by atoms with Crippen LogP contribution in [0.25, 0.3) is 0 Å². The summed E-state index contributed by atoms with van der Waals surface area (Å²) in [5.74, 6) is -0.833. The van der Waals surface area contributed by atoms with Crippen LogP contribution in [0.1, 0.15) is 60.1 Å². The molecule has 0 N–H and O–H groups in total. The summed E-state index contributed by atoms with van der Waals surface area (Å²) in [5, 5.41) is 0. The molecule has 2 unspecified atom stereocenters. The first-order valence-electron chi connectivity index (χ1n) is 11.0. The lowest BCUT2D eigenvalue weighted by Crippen LogP contribution is -2.47. The van der Waals surface area contributed by atoms with Crippen LogP contribution in [0.5, 0.6) is 11.5 Å². The summed E-state index contributed by atoms with van der Waals surface area (Å²) in [7, 11) is 4.61. The lowest BCUT2D eigenvalue weighted by Gasteiger charge is -2.41. The Morgan fingerprint density at radius 2 is 1.75 bits per heavy atom. The van der Waals surface area contributed by atoms with Crippen molar-refractivity contribution in [1.29, 1.82) is 0 Å². The minimum Gasteiger partial charge on any atom is -0.493 e. The van der Waals surface area contributed by atoms with Gasteiger partial charge in [-0.1, -0.05) is 31.5 Å². The van der Waals surface area contributed by atoms with Crippen molar-refractivity contribution in [3.05, 3.63) is 58.9 Å². The summed E-state index contributed by atoms with van der Waals surface area (Å²) < 4.78 is 25.8. The second-order valence-corrected chi connectivity index (χ2v) is 7.93. The first kappa shape index (κ1) is 23.6. The van der Waals surface area contributed by atoms with Gasteiger partial charge >= 0.3 is 0 Å². The zero-order valence-corrected chi connectivity index (χ0v) is 19.4. The Balaban J connectivity index is 2.25. The van der Waals surface area contributed by atoms with Crippen molar-refractivity contribution in [2.75, 3.05) is 34.4 Å². The van der Waals surface area contributed by atoms with Crippen molar-refractivity contribution in [1.82, 2.24) is 9.80 Å². The van der Waals surface area contributed by atoms with Crippen LogP contribution in [0.3, 0.4) is 0 Å². The number of likely N-dealkylation sites (N-methyl/N-ethyl adjacent to an activating group) is 2. The molecular formula is C25H31FN2O4. The van der Waals surface area contributed by atoms with Gasteiger partial charge in [-0.2, -0.15) is 0 Å². The van der Waals surface area contributed by atoms with E-state index in [4.69, 9.17) is 9.47 Å². The van der Waals surface area contributed by atoms with Crippen molar-refractivity contribution in [2.24, 2.45) is 0 Å². The van der Waals surface area contributed by atoms with E-state index in [0.29, 0.717) is 41.3 Å². The molecule has 0 bridgehead atoms. The normalized spacial score (nSPS) is 17.7. The van der Waals surface area contributed by atoms with E-state index in [-0.39, 0.29) is 11.8 Å². The Morgan fingerprint density at radius 3 is 2.34 bits per heavy atom. The molecule has 0 radical (unpaired) electrons. The van der Waals surface area contributed by atoms with Gasteiger partial charge in [-0.15, -0.1) is 0 Å². The second-order valence-electron chi connectivity index (χ2n) is 7.93. The van der Waals surface area contributed by atoms with Gasteiger partial charge in [0.05, 0.1) is 26.2 Å². The minimum absolute atomic E-state index is 0.137. The van der Waals surface area contributed by atoms with Crippen LogP contribution in [0.15, 0.2) is 36.4 Å². The maximum absolute atomic E-state index is 14.9. The molecule has 0 saturated heterocycles. The van der Waals surface area contributed by atoms with Gasteiger partial charge in [0, 0.05) is 31.3 Å². The third kappa shape index (κ3) is 4.16. The van der Waals surface area contributed by atoms with Crippen LogP contribution in [-0.2, 0) is 4.79 Å². The van der Waals surface area contributed by atoms with Gasteiger partial charge in [-0.3, -0.25) is 9.59 Å². The zero-order chi connectivity index (χ0) is 23.4. The lowest BCUT2D eigenvalue weighted by molar-refractivity contribution is -0.134. The third-order valence-corrected chi connectivity index (χ3v) is 6.14. The average Bonchev–Trinajstić information content (AvgIpc) is 2.81. The zero-order valence-electron chi connectivity index (χ0n) is 19.4. The molecule has 6 nitrogen and oxygen atoms in total. The van der Waals surface area contributed by atoms with Crippen LogP contribution >= 0.6 is 0 Å². The summed E-state index contributed by atoms with van der Waals surface area (Å²) in [4.78, 5) is 30.5. The molecule has 0 spiro atoms. The van der Waals surface area contributed by atoms with Gasteiger partial charge in [0.25, 0.3) is 5.91 Å². The van der Waals surface area contributed by atoms with Crippen LogP contribution in [0, 0.1) is 5.82 Å². The highest BCUT2D eigenvalue weighted by Gasteiger charge is 2.45. The Morgan fingerprint density at radius 1 is 1.09 bits per heavy atom. The first-order chi connectivity index (χ1) is 15.4. The number of hydrogen-bond donors (Lipinski definition) is 0. The molecule has 2 atom stereocenters. The summed E-state index contributed by atoms with van der Waals surface area (Å²) in [6, 6.07) is 8.82. The highest BCUT2D eigenvalue weighted by molar-refractivity contribution is 6.02. The molecule has 3 rings (SSSR count). The predicted octanol–water partition coefficient (Wildman–Crippen LogP) is 4.40. The Bertz CT molecular complexity index is 994. The van der Waals surface area contributed by atoms with Crippen LogP contribution < -0.4 is 9.47 Å². The molecule has 1 heterocycles. The number of hydrogen-bond acceptors (Lipinski definition) is 4. The fourth-order valence-corrected chi connectivity index (χ4v) is 4.39. The monoisotopic (exact) mass is 442 g/mol. The second kappa shape index (κ2) is 10.0. The largest absolute Gasteiger partial charge is 0.493 e. The fourth-order valence-electron chi connectivity index (χ4n) is 4.39. The Labute approximate surface area is 188 Å². The van der Waals surface area contributed by atoms with Gasteiger partial charge in [-0.25, -0.2) is 4.39 Å². The highest BCUT2D eigenvalue weighted by Crippen LogP contribution is 2.46. The van der Waals surface area contributed by atoms with Crippen molar-refractivity contribution < 1.29 is 23.5 Å².